The van der Waals surface area contributed by atoms with Crippen molar-refractivity contribution in [3.05, 3.63) is 77.9 Å². The van der Waals surface area contributed by atoms with Gasteiger partial charge in [-0.05, 0) is 69.0 Å². The summed E-state index contributed by atoms with van der Waals surface area (Å²) < 4.78 is 12.2. The molecule has 1 fully saturated rings. The molecule has 4 aromatic heterocycles. The molecule has 2 atom stereocenters. The van der Waals surface area contributed by atoms with Gasteiger partial charge in [0.25, 0.3) is 0 Å². The van der Waals surface area contributed by atoms with E-state index in [9.17, 15) is 4.79 Å². The molecule has 1 saturated heterocycles. The average molecular weight is 666 g/mol. The summed E-state index contributed by atoms with van der Waals surface area (Å²) in [7, 11) is 6.14. The lowest BCUT2D eigenvalue weighted by atomic mass is 9.85. The van der Waals surface area contributed by atoms with Crippen molar-refractivity contribution in [2.75, 3.05) is 43.9 Å². The Morgan fingerprint density at radius 2 is 1.78 bits per heavy atom. The summed E-state index contributed by atoms with van der Waals surface area (Å²) in [5, 5.41) is 24.4. The van der Waals surface area contributed by atoms with Crippen molar-refractivity contribution in [2.24, 2.45) is 13.0 Å². The third-order valence-corrected chi connectivity index (χ3v) is 9.55. The average Bonchev–Trinajstić information content (AvgIpc) is 3.80. The highest BCUT2D eigenvalue weighted by Gasteiger charge is 2.31. The van der Waals surface area contributed by atoms with Crippen molar-refractivity contribution in [3.8, 4) is 11.4 Å². The second-order valence-electron chi connectivity index (χ2n) is 14.7. The van der Waals surface area contributed by atoms with Gasteiger partial charge in [-0.3, -0.25) is 14.4 Å². The molecule has 49 heavy (non-hydrogen) atoms. The summed E-state index contributed by atoms with van der Waals surface area (Å²) in [5.74, 6) is 2.92. The van der Waals surface area contributed by atoms with Crippen LogP contribution in [0.15, 0.2) is 61.1 Å². The first-order valence-electron chi connectivity index (χ1n) is 17.2. The Morgan fingerprint density at radius 1 is 1.00 bits per heavy atom. The van der Waals surface area contributed by atoms with Gasteiger partial charge in [0.1, 0.15) is 23.4 Å². The van der Waals surface area contributed by atoms with Gasteiger partial charge < -0.3 is 19.9 Å². The van der Waals surface area contributed by atoms with Crippen molar-refractivity contribution in [2.45, 2.75) is 64.0 Å². The minimum Gasteiger partial charge on any atom is -0.484 e. The largest absolute Gasteiger partial charge is 0.484 e. The fourth-order valence-electron chi connectivity index (χ4n) is 7.03. The number of nitrogens with one attached hydrogen (secondary N) is 2. The molecule has 1 aliphatic carbocycles. The third kappa shape index (κ3) is 6.98. The van der Waals surface area contributed by atoms with Gasteiger partial charge in [-0.1, -0.05) is 45.0 Å². The predicted molar refractivity (Wildman–Crippen MR) is 189 cm³/mol. The molecule has 7 rings (SSSR count). The van der Waals surface area contributed by atoms with E-state index in [1.807, 2.05) is 54.2 Å². The maximum Gasteiger partial charge on any atom is 0.320 e. The number of amides is 2. The van der Waals surface area contributed by atoms with E-state index in [1.54, 1.807) is 15.6 Å². The van der Waals surface area contributed by atoms with Gasteiger partial charge in [0, 0.05) is 38.2 Å². The lowest BCUT2D eigenvalue weighted by Gasteiger charge is -2.33. The van der Waals surface area contributed by atoms with Crippen LogP contribution in [0, 0.1) is 5.92 Å². The Bertz CT molecular complexity index is 1930. The zero-order valence-corrected chi connectivity index (χ0v) is 29.3. The van der Waals surface area contributed by atoms with Crippen molar-refractivity contribution in [1.29, 1.82) is 0 Å². The Morgan fingerprint density at radius 3 is 2.49 bits per heavy atom. The standard InChI is InChI=1S/C36H47N11O2/c1-36(2,3)31-19-33(47(42-31)25-20-37-44(6)22-25)39-34(48)38-29-12-13-30(28-10-8-7-9-27(28)29)49-26-11-14-32-40-41-35(46(32)23-26)45-17-15-24(16-18-45)21-43(4)5/h7-11,14,19-20,22-24,29-30H,12-13,15-18,21H2,1-6H3,(H2,38,39,48)/t29-,30+/m0/s1. The Labute approximate surface area is 287 Å². The van der Waals surface area contributed by atoms with Gasteiger partial charge in [-0.15, -0.1) is 10.2 Å². The van der Waals surface area contributed by atoms with Gasteiger partial charge in [0.2, 0.25) is 5.95 Å². The van der Waals surface area contributed by atoms with Gasteiger partial charge in [0.05, 0.1) is 30.3 Å². The molecule has 0 saturated carbocycles. The minimum atomic E-state index is -0.291. The van der Waals surface area contributed by atoms with Crippen molar-refractivity contribution < 1.29 is 9.53 Å². The Balaban J connectivity index is 1.05. The number of rotatable bonds is 8. The summed E-state index contributed by atoms with van der Waals surface area (Å²) in [6.45, 7) is 9.35. The minimum absolute atomic E-state index is 0.155. The molecule has 2 amide bonds. The molecule has 0 spiro atoms. The second-order valence-corrected chi connectivity index (χ2v) is 14.7. The molecule has 258 valence electrons. The molecule has 5 aromatic rings. The molecule has 13 heteroatoms. The first-order valence-corrected chi connectivity index (χ1v) is 17.2. The number of fused-ring (bicyclic) bond motifs is 2. The lowest BCUT2D eigenvalue weighted by molar-refractivity contribution is 0.171. The summed E-state index contributed by atoms with van der Waals surface area (Å²) in [4.78, 5) is 18.1. The van der Waals surface area contributed by atoms with E-state index < -0.39 is 0 Å². The zero-order valence-electron chi connectivity index (χ0n) is 29.3. The van der Waals surface area contributed by atoms with Crippen molar-refractivity contribution in [3.63, 3.8) is 0 Å². The maximum absolute atomic E-state index is 13.5. The van der Waals surface area contributed by atoms with Crippen LogP contribution >= 0.6 is 0 Å². The molecule has 2 aliphatic rings. The molecule has 5 heterocycles. The smallest absolute Gasteiger partial charge is 0.320 e. The molecule has 2 N–H and O–H groups in total. The summed E-state index contributed by atoms with van der Waals surface area (Å²) in [6.07, 6.45) is 9.21. The predicted octanol–water partition coefficient (Wildman–Crippen LogP) is 5.50. The number of carbonyl (C=O) groups is 1. The van der Waals surface area contributed by atoms with Crippen LogP contribution in [0.1, 0.15) is 75.4 Å². The summed E-state index contributed by atoms with van der Waals surface area (Å²) in [5.41, 5.74) is 4.38. The zero-order chi connectivity index (χ0) is 34.3. The highest BCUT2D eigenvalue weighted by molar-refractivity contribution is 5.89. The van der Waals surface area contributed by atoms with Crippen LogP contribution in [0.5, 0.6) is 5.75 Å². The SMILES string of the molecule is CN(C)CC1CCN(c2nnc3ccc(O[C@@H]4CC[C@H](NC(=O)Nc5cc(C(C)(C)C)nn5-c5cnn(C)c5)c5ccccc54)cn23)CC1. The molecule has 1 aliphatic heterocycles. The van der Waals surface area contributed by atoms with E-state index >= 15 is 0 Å². The van der Waals surface area contributed by atoms with Gasteiger partial charge in [-0.2, -0.15) is 10.2 Å². The number of pyridine rings is 1. The van der Waals surface area contributed by atoms with Crippen LogP contribution in [-0.4, -0.2) is 78.8 Å². The van der Waals surface area contributed by atoms with Crippen LogP contribution in [0.3, 0.4) is 0 Å². The van der Waals surface area contributed by atoms with Crippen LogP contribution in [0.2, 0.25) is 0 Å². The van der Waals surface area contributed by atoms with Crippen molar-refractivity contribution in [1.82, 2.24) is 44.4 Å². The monoisotopic (exact) mass is 665 g/mol. The molecule has 0 bridgehead atoms. The van der Waals surface area contributed by atoms with E-state index in [2.05, 4.69) is 82.7 Å². The van der Waals surface area contributed by atoms with Gasteiger partial charge >= 0.3 is 6.03 Å². The fourth-order valence-corrected chi connectivity index (χ4v) is 7.03. The topological polar surface area (TPSA) is 123 Å². The third-order valence-electron chi connectivity index (χ3n) is 9.55. The van der Waals surface area contributed by atoms with Crippen LogP contribution in [0.4, 0.5) is 16.6 Å². The molecule has 0 unspecified atom stereocenters. The molecule has 1 aromatic carbocycles. The Hall–Kier alpha value is -4.91. The number of anilines is 2. The number of nitrogens with zero attached hydrogens (tertiary/aromatic N) is 9. The molecule has 13 nitrogen and oxygen atoms in total. The maximum atomic E-state index is 13.5. The molecular formula is C36H47N11O2. The Kier molecular flexibility index (Phi) is 8.78. The van der Waals surface area contributed by atoms with E-state index in [1.165, 1.54) is 0 Å². The van der Waals surface area contributed by atoms with E-state index in [0.717, 1.165) is 85.2 Å². The van der Waals surface area contributed by atoms with Crippen LogP contribution in [-0.2, 0) is 12.5 Å². The highest BCUT2D eigenvalue weighted by Crippen LogP contribution is 2.39. The van der Waals surface area contributed by atoms with E-state index in [-0.39, 0.29) is 23.6 Å². The molecular weight excluding hydrogens is 618 g/mol. The number of hydrogen-bond donors (Lipinski definition) is 2. The normalized spacial score (nSPS) is 18.6. The number of carbonyl (C=O) groups excluding carboxylic acids is 1. The lowest BCUT2D eigenvalue weighted by Crippen LogP contribution is -2.38. The second kappa shape index (κ2) is 13.2. The molecule has 0 radical (unpaired) electrons. The van der Waals surface area contributed by atoms with Crippen molar-refractivity contribution >= 4 is 23.4 Å². The van der Waals surface area contributed by atoms with Gasteiger partial charge in [-0.25, -0.2) is 9.48 Å². The quantitative estimate of drug-likeness (QED) is 0.223. The number of aromatic nitrogens is 7. The highest BCUT2D eigenvalue weighted by atomic mass is 16.5. The number of benzene rings is 1. The van der Waals surface area contributed by atoms with E-state index in [4.69, 9.17) is 9.84 Å². The number of piperidine rings is 1. The fraction of sp³-hybridized carbons (Fsp3) is 0.472. The number of ether oxygens (including phenoxy) is 1. The summed E-state index contributed by atoms with van der Waals surface area (Å²) in [6, 6.07) is 13.6. The van der Waals surface area contributed by atoms with Crippen LogP contribution < -0.4 is 20.3 Å². The number of aryl methyl sites for hydroxylation is 1. The first kappa shape index (κ1) is 32.6. The van der Waals surface area contributed by atoms with Gasteiger partial charge in [0.15, 0.2) is 5.65 Å². The number of hydrogen-bond acceptors (Lipinski definition) is 8. The number of urea groups is 1. The summed E-state index contributed by atoms with van der Waals surface area (Å²) >= 11 is 0. The first-order chi connectivity index (χ1) is 23.5. The van der Waals surface area contributed by atoms with Crippen LogP contribution in [0.25, 0.3) is 11.3 Å². The van der Waals surface area contributed by atoms with E-state index in [0.29, 0.717) is 11.7 Å².